The smallest absolute Gasteiger partial charge is 0.475 e. The largest absolute Gasteiger partial charge is 0.490 e. The summed E-state index contributed by atoms with van der Waals surface area (Å²) < 4.78 is 51.0. The number of aliphatic carboxylic acids is 1. The number of carboxylic acids is 1. The zero-order valence-electron chi connectivity index (χ0n) is 17.6. The number of nitrogens with zero attached hydrogens (tertiary/aromatic N) is 3. The number of carbonyl (C=O) groups is 1. The van der Waals surface area contributed by atoms with Crippen LogP contribution in [0.2, 0.25) is 0 Å². The molecule has 0 aliphatic carbocycles. The van der Waals surface area contributed by atoms with Crippen molar-refractivity contribution in [3.05, 3.63) is 70.1 Å². The molecule has 0 spiro atoms. The third kappa shape index (κ3) is 6.11. The van der Waals surface area contributed by atoms with Crippen molar-refractivity contribution in [2.24, 2.45) is 0 Å². The van der Waals surface area contributed by atoms with Crippen LogP contribution >= 0.6 is 0 Å². The van der Waals surface area contributed by atoms with E-state index in [9.17, 15) is 22.4 Å². The summed E-state index contributed by atoms with van der Waals surface area (Å²) in [5.41, 5.74) is 2.47. The lowest BCUT2D eigenvalue weighted by Crippen LogP contribution is -2.21. The summed E-state index contributed by atoms with van der Waals surface area (Å²) >= 11 is 0. The molecule has 0 bridgehead atoms. The standard InChI is InChI=1S/C19H13FN6O2.C2HF3O2/c1-10-9-22-18(24-13-4-2-3-11(8-21)16(13)20)26-17(10)23-12-5-6-15-14(7-12)25-19(27)28-15;3-2(4,5)1(6)7/h2-7,9H,1H3,(H,25,27)(H2,22,23,24,26);(H,6,7). The highest BCUT2D eigenvalue weighted by Gasteiger charge is 2.38. The zero-order valence-corrected chi connectivity index (χ0v) is 17.6. The Morgan fingerprint density at radius 1 is 1.23 bits per heavy atom. The van der Waals surface area contributed by atoms with Crippen molar-refractivity contribution < 1.29 is 31.9 Å². The van der Waals surface area contributed by atoms with Crippen molar-refractivity contribution in [3.63, 3.8) is 0 Å². The lowest BCUT2D eigenvalue weighted by Gasteiger charge is -2.11. The molecule has 4 aromatic rings. The maximum Gasteiger partial charge on any atom is 0.490 e. The first-order valence-corrected chi connectivity index (χ1v) is 9.47. The van der Waals surface area contributed by atoms with Crippen molar-refractivity contribution >= 4 is 40.2 Å². The van der Waals surface area contributed by atoms with Gasteiger partial charge in [-0.3, -0.25) is 4.98 Å². The number of anilines is 4. The molecule has 0 amide bonds. The number of hydrogen-bond donors (Lipinski definition) is 4. The van der Waals surface area contributed by atoms with Crippen molar-refractivity contribution in [1.82, 2.24) is 15.0 Å². The van der Waals surface area contributed by atoms with E-state index in [-0.39, 0.29) is 17.2 Å². The van der Waals surface area contributed by atoms with Gasteiger partial charge in [-0.05, 0) is 37.3 Å². The van der Waals surface area contributed by atoms with Gasteiger partial charge in [-0.1, -0.05) is 6.07 Å². The number of hydrogen-bond acceptors (Lipinski definition) is 8. The number of oxazole rings is 1. The lowest BCUT2D eigenvalue weighted by molar-refractivity contribution is -0.192. The van der Waals surface area contributed by atoms with Gasteiger partial charge in [0.15, 0.2) is 11.4 Å². The van der Waals surface area contributed by atoms with Crippen LogP contribution in [0.3, 0.4) is 0 Å². The minimum Gasteiger partial charge on any atom is -0.475 e. The molecule has 0 aliphatic heterocycles. The number of aromatic nitrogens is 3. The minimum atomic E-state index is -5.08. The van der Waals surface area contributed by atoms with Gasteiger partial charge in [-0.25, -0.2) is 19.0 Å². The average Bonchev–Trinajstić information content (AvgIpc) is 3.16. The number of aryl methyl sites for hydroxylation is 1. The summed E-state index contributed by atoms with van der Waals surface area (Å²) in [5.74, 6) is -3.29. The second-order valence-electron chi connectivity index (χ2n) is 6.78. The maximum atomic E-state index is 14.2. The van der Waals surface area contributed by atoms with Gasteiger partial charge in [-0.2, -0.15) is 23.4 Å². The van der Waals surface area contributed by atoms with Gasteiger partial charge in [0.25, 0.3) is 0 Å². The van der Waals surface area contributed by atoms with E-state index < -0.39 is 23.7 Å². The van der Waals surface area contributed by atoms with Gasteiger partial charge in [-0.15, -0.1) is 0 Å². The summed E-state index contributed by atoms with van der Waals surface area (Å²) in [4.78, 5) is 31.3. The number of carboxylic acid groups (broad SMARTS) is 1. The number of benzene rings is 2. The highest BCUT2D eigenvalue weighted by Crippen LogP contribution is 2.24. The van der Waals surface area contributed by atoms with E-state index in [1.165, 1.54) is 12.1 Å². The third-order valence-corrected chi connectivity index (χ3v) is 4.26. The Hall–Kier alpha value is -4.93. The molecule has 0 unspecified atom stereocenters. The maximum absolute atomic E-state index is 14.2. The van der Waals surface area contributed by atoms with Gasteiger partial charge in [0, 0.05) is 17.4 Å². The molecule has 35 heavy (non-hydrogen) atoms. The van der Waals surface area contributed by atoms with Crippen molar-refractivity contribution in [3.8, 4) is 6.07 Å². The molecular formula is C21H14F4N6O4. The molecule has 4 N–H and O–H groups in total. The molecule has 0 fully saturated rings. The molecule has 2 aromatic heterocycles. The van der Waals surface area contributed by atoms with Crippen LogP contribution in [0.4, 0.5) is 40.7 Å². The first-order chi connectivity index (χ1) is 16.5. The van der Waals surface area contributed by atoms with Crippen LogP contribution in [0.5, 0.6) is 0 Å². The van der Waals surface area contributed by atoms with Crippen molar-refractivity contribution in [1.29, 1.82) is 5.26 Å². The minimum absolute atomic E-state index is 0.0714. The van der Waals surface area contributed by atoms with E-state index >= 15 is 0 Å². The molecular weight excluding hydrogens is 476 g/mol. The summed E-state index contributed by atoms with van der Waals surface area (Å²) in [7, 11) is 0. The predicted octanol–water partition coefficient (Wildman–Crippen LogP) is 4.35. The molecule has 10 nitrogen and oxygen atoms in total. The third-order valence-electron chi connectivity index (χ3n) is 4.26. The second kappa shape index (κ2) is 9.91. The highest BCUT2D eigenvalue weighted by molar-refractivity contribution is 5.78. The van der Waals surface area contributed by atoms with Crippen LogP contribution in [0.15, 0.2) is 51.8 Å². The normalized spacial score (nSPS) is 10.7. The van der Waals surface area contributed by atoms with Gasteiger partial charge in [0.1, 0.15) is 11.9 Å². The molecule has 2 heterocycles. The Kier molecular flexibility index (Phi) is 7.00. The summed E-state index contributed by atoms with van der Waals surface area (Å²) in [6.07, 6.45) is -3.50. The SMILES string of the molecule is Cc1cnc(Nc2cccc(C#N)c2F)nc1Nc1ccc2oc(=O)[nH]c2c1.O=C(O)C(F)(F)F. The van der Waals surface area contributed by atoms with E-state index in [1.54, 1.807) is 36.5 Å². The predicted molar refractivity (Wildman–Crippen MR) is 115 cm³/mol. The first-order valence-electron chi connectivity index (χ1n) is 9.47. The molecule has 0 saturated carbocycles. The number of alkyl halides is 3. The number of nitriles is 1. The van der Waals surface area contributed by atoms with E-state index in [0.717, 1.165) is 5.56 Å². The van der Waals surface area contributed by atoms with Gasteiger partial charge in [0.05, 0.1) is 16.8 Å². The molecule has 4 rings (SSSR count). The van der Waals surface area contributed by atoms with Crippen molar-refractivity contribution in [2.75, 3.05) is 10.6 Å². The van der Waals surface area contributed by atoms with Gasteiger partial charge in [0.2, 0.25) is 5.95 Å². The molecule has 0 saturated heterocycles. The monoisotopic (exact) mass is 490 g/mol. The quantitative estimate of drug-likeness (QED) is 0.305. The first kappa shape index (κ1) is 24.7. The highest BCUT2D eigenvalue weighted by atomic mass is 19.4. The van der Waals surface area contributed by atoms with Gasteiger partial charge >= 0.3 is 17.9 Å². The topological polar surface area (TPSA) is 157 Å². The Morgan fingerprint density at radius 2 is 1.94 bits per heavy atom. The van der Waals surface area contributed by atoms with E-state index in [2.05, 4.69) is 25.6 Å². The number of H-pyrrole nitrogens is 1. The van der Waals surface area contributed by atoms with Crippen molar-refractivity contribution in [2.45, 2.75) is 13.1 Å². The Labute approximate surface area is 192 Å². The van der Waals surface area contributed by atoms with Crippen LogP contribution < -0.4 is 16.4 Å². The number of rotatable bonds is 4. The summed E-state index contributed by atoms with van der Waals surface area (Å²) in [5, 5.41) is 22.0. The molecule has 0 radical (unpaired) electrons. The number of fused-ring (bicyclic) bond motifs is 1. The van der Waals surface area contributed by atoms with Crippen LogP contribution in [0, 0.1) is 24.1 Å². The Balaban J connectivity index is 0.000000429. The fourth-order valence-corrected chi connectivity index (χ4v) is 2.63. The fraction of sp³-hybridized carbons (Fsp3) is 0.0952. The van der Waals surface area contributed by atoms with Crippen LogP contribution in [0.25, 0.3) is 11.1 Å². The van der Waals surface area contributed by atoms with E-state index in [4.69, 9.17) is 19.6 Å². The second-order valence-corrected chi connectivity index (χ2v) is 6.78. The molecule has 180 valence electrons. The molecule has 14 heteroatoms. The van der Waals surface area contributed by atoms with E-state index in [0.29, 0.717) is 22.6 Å². The summed E-state index contributed by atoms with van der Waals surface area (Å²) in [6, 6.07) is 11.4. The number of aromatic amines is 1. The molecule has 0 atom stereocenters. The average molecular weight is 490 g/mol. The molecule has 0 aliphatic rings. The Bertz CT molecular complexity index is 1490. The summed E-state index contributed by atoms with van der Waals surface area (Å²) in [6.45, 7) is 1.82. The van der Waals surface area contributed by atoms with E-state index in [1.807, 2.05) is 6.92 Å². The van der Waals surface area contributed by atoms with Crippen LogP contribution in [-0.2, 0) is 4.79 Å². The van der Waals surface area contributed by atoms with Gasteiger partial charge < -0.3 is 20.2 Å². The zero-order chi connectivity index (χ0) is 25.8. The van der Waals surface area contributed by atoms with Crippen LogP contribution in [0.1, 0.15) is 11.1 Å². The Morgan fingerprint density at radius 3 is 2.60 bits per heavy atom. The number of nitrogens with one attached hydrogen (secondary N) is 3. The molecule has 2 aromatic carbocycles. The van der Waals surface area contributed by atoms with Crippen LogP contribution in [-0.4, -0.2) is 32.2 Å². The number of halogens is 4. The fourth-order valence-electron chi connectivity index (χ4n) is 2.63. The lowest BCUT2D eigenvalue weighted by atomic mass is 10.2.